The van der Waals surface area contributed by atoms with E-state index in [1.165, 1.54) is 4.31 Å². The van der Waals surface area contributed by atoms with E-state index in [1.54, 1.807) is 25.2 Å². The molecular formula is C11H15BrN2O2S. The molecule has 0 unspecified atom stereocenters. The Bertz CT molecular complexity index is 526. The highest BCUT2D eigenvalue weighted by atomic mass is 79.9. The molecule has 0 bridgehead atoms. The third-order valence-corrected chi connectivity index (χ3v) is 5.88. The zero-order valence-corrected chi connectivity index (χ0v) is 12.2. The van der Waals surface area contributed by atoms with Crippen molar-refractivity contribution in [1.82, 2.24) is 9.62 Å². The van der Waals surface area contributed by atoms with E-state index in [4.69, 9.17) is 0 Å². The second-order valence-electron chi connectivity index (χ2n) is 4.24. The fraction of sp³-hybridized carbons (Fsp3) is 0.455. The average Bonchev–Trinajstić information content (AvgIpc) is 2.19. The molecule has 4 nitrogen and oxygen atoms in total. The zero-order chi connectivity index (χ0) is 12.6. The molecule has 1 aliphatic rings. The van der Waals surface area contributed by atoms with Crippen molar-refractivity contribution in [2.24, 2.45) is 0 Å². The van der Waals surface area contributed by atoms with Gasteiger partial charge in [0.15, 0.2) is 0 Å². The number of sulfonamides is 1. The van der Waals surface area contributed by atoms with Crippen molar-refractivity contribution >= 4 is 26.0 Å². The Morgan fingerprint density at radius 1 is 1.41 bits per heavy atom. The van der Waals surface area contributed by atoms with Crippen LogP contribution in [0, 0.1) is 6.92 Å². The number of likely N-dealkylation sites (N-methyl/N-ethyl adjacent to an activating group) is 1. The Labute approximate surface area is 110 Å². The molecule has 0 aliphatic carbocycles. The molecule has 0 atom stereocenters. The molecule has 94 valence electrons. The van der Waals surface area contributed by atoms with Gasteiger partial charge in [-0.15, -0.1) is 0 Å². The number of hydrogen-bond donors (Lipinski definition) is 1. The lowest BCUT2D eigenvalue weighted by molar-refractivity contribution is 0.274. The molecule has 1 aromatic carbocycles. The molecule has 1 fully saturated rings. The van der Waals surface area contributed by atoms with Crippen molar-refractivity contribution in [3.05, 3.63) is 28.2 Å². The summed E-state index contributed by atoms with van der Waals surface area (Å²) in [5.74, 6) is 0. The summed E-state index contributed by atoms with van der Waals surface area (Å²) in [5.41, 5.74) is 0.922. The molecule has 1 saturated heterocycles. The first-order valence-electron chi connectivity index (χ1n) is 5.38. The van der Waals surface area contributed by atoms with Gasteiger partial charge in [0.2, 0.25) is 10.0 Å². The maximum absolute atomic E-state index is 12.3. The van der Waals surface area contributed by atoms with Crippen LogP contribution >= 0.6 is 15.9 Å². The summed E-state index contributed by atoms with van der Waals surface area (Å²) < 4.78 is 27.0. The average molecular weight is 319 g/mol. The summed E-state index contributed by atoms with van der Waals surface area (Å²) in [5, 5.41) is 3.07. The second-order valence-corrected chi connectivity index (χ2v) is 7.10. The number of benzene rings is 1. The number of nitrogens with zero attached hydrogens (tertiary/aromatic N) is 1. The Morgan fingerprint density at radius 3 is 2.53 bits per heavy atom. The molecule has 0 saturated carbocycles. The monoisotopic (exact) mass is 318 g/mol. The highest BCUT2D eigenvalue weighted by molar-refractivity contribution is 9.10. The molecule has 0 aromatic heterocycles. The minimum absolute atomic E-state index is 0.0731. The SMILES string of the molecule is Cc1cc(S(=O)(=O)N(C)C2CNC2)ccc1Br. The lowest BCUT2D eigenvalue weighted by Crippen LogP contribution is -2.57. The van der Waals surface area contributed by atoms with Gasteiger partial charge >= 0.3 is 0 Å². The van der Waals surface area contributed by atoms with Crippen LogP contribution in [-0.2, 0) is 10.0 Å². The van der Waals surface area contributed by atoms with Gasteiger partial charge in [-0.25, -0.2) is 8.42 Å². The largest absolute Gasteiger partial charge is 0.313 e. The molecule has 6 heteroatoms. The van der Waals surface area contributed by atoms with Gasteiger partial charge in [-0.1, -0.05) is 15.9 Å². The van der Waals surface area contributed by atoms with Crippen molar-refractivity contribution in [3.63, 3.8) is 0 Å². The first-order chi connectivity index (χ1) is 7.93. The maximum Gasteiger partial charge on any atom is 0.243 e. The van der Waals surface area contributed by atoms with E-state index in [1.807, 2.05) is 6.92 Å². The number of hydrogen-bond acceptors (Lipinski definition) is 3. The minimum Gasteiger partial charge on any atom is -0.313 e. The summed E-state index contributed by atoms with van der Waals surface area (Å²) >= 11 is 3.37. The van der Waals surface area contributed by atoms with Crippen molar-refractivity contribution in [3.8, 4) is 0 Å². The molecule has 0 radical (unpaired) electrons. The van der Waals surface area contributed by atoms with E-state index in [-0.39, 0.29) is 6.04 Å². The van der Waals surface area contributed by atoms with Gasteiger partial charge in [0.05, 0.1) is 4.90 Å². The number of halogens is 1. The van der Waals surface area contributed by atoms with Crippen LogP contribution in [0.5, 0.6) is 0 Å². The molecule has 1 N–H and O–H groups in total. The van der Waals surface area contributed by atoms with Crippen molar-refractivity contribution in [1.29, 1.82) is 0 Å². The third kappa shape index (κ3) is 2.40. The van der Waals surface area contributed by atoms with E-state index in [9.17, 15) is 8.42 Å². The van der Waals surface area contributed by atoms with Crippen LogP contribution < -0.4 is 5.32 Å². The minimum atomic E-state index is -3.37. The van der Waals surface area contributed by atoms with Crippen LogP contribution in [0.25, 0.3) is 0 Å². The van der Waals surface area contributed by atoms with E-state index in [2.05, 4.69) is 21.2 Å². The molecule has 0 amide bonds. The Kier molecular flexibility index (Phi) is 3.58. The summed E-state index contributed by atoms with van der Waals surface area (Å²) in [6, 6.07) is 5.18. The maximum atomic E-state index is 12.3. The van der Waals surface area contributed by atoms with E-state index < -0.39 is 10.0 Å². The van der Waals surface area contributed by atoms with Gasteiger partial charge in [-0.2, -0.15) is 4.31 Å². The number of rotatable bonds is 3. The number of nitrogens with one attached hydrogen (secondary N) is 1. The zero-order valence-electron chi connectivity index (χ0n) is 9.77. The molecule has 1 aromatic rings. The lowest BCUT2D eigenvalue weighted by atomic mass is 10.2. The van der Waals surface area contributed by atoms with E-state index in [0.29, 0.717) is 4.90 Å². The van der Waals surface area contributed by atoms with Crippen LogP contribution in [0.15, 0.2) is 27.6 Å². The van der Waals surface area contributed by atoms with Crippen LogP contribution in [0.1, 0.15) is 5.56 Å². The molecule has 1 heterocycles. The highest BCUT2D eigenvalue weighted by Gasteiger charge is 2.31. The summed E-state index contributed by atoms with van der Waals surface area (Å²) in [7, 11) is -1.73. The molecule has 17 heavy (non-hydrogen) atoms. The highest BCUT2D eigenvalue weighted by Crippen LogP contribution is 2.23. The number of aryl methyl sites for hydroxylation is 1. The quantitative estimate of drug-likeness (QED) is 0.915. The summed E-state index contributed by atoms with van der Waals surface area (Å²) in [6.07, 6.45) is 0. The standard InChI is InChI=1S/C11H15BrN2O2S/c1-8-5-10(3-4-11(8)12)17(15,16)14(2)9-6-13-7-9/h3-5,9,13H,6-7H2,1-2H3. The van der Waals surface area contributed by atoms with Crippen molar-refractivity contribution < 1.29 is 8.42 Å². The predicted octanol–water partition coefficient (Wildman–Crippen LogP) is 1.35. The van der Waals surface area contributed by atoms with Gasteiger partial charge in [0.25, 0.3) is 0 Å². The predicted molar refractivity (Wildman–Crippen MR) is 70.5 cm³/mol. The van der Waals surface area contributed by atoms with E-state index in [0.717, 1.165) is 23.1 Å². The fourth-order valence-corrected chi connectivity index (χ4v) is 3.36. The van der Waals surface area contributed by atoms with Crippen LogP contribution in [0.2, 0.25) is 0 Å². The topological polar surface area (TPSA) is 49.4 Å². The van der Waals surface area contributed by atoms with Crippen LogP contribution in [0.3, 0.4) is 0 Å². The van der Waals surface area contributed by atoms with Crippen molar-refractivity contribution in [2.75, 3.05) is 20.1 Å². The normalized spacial score (nSPS) is 17.2. The van der Waals surface area contributed by atoms with E-state index >= 15 is 0 Å². The first-order valence-corrected chi connectivity index (χ1v) is 7.61. The Hall–Kier alpha value is -0.430. The summed E-state index contributed by atoms with van der Waals surface area (Å²) in [6.45, 7) is 3.34. The molecule has 2 rings (SSSR count). The second kappa shape index (κ2) is 4.68. The summed E-state index contributed by atoms with van der Waals surface area (Å²) in [4.78, 5) is 0.354. The molecule has 0 spiro atoms. The smallest absolute Gasteiger partial charge is 0.243 e. The first kappa shape index (κ1) is 13.0. The van der Waals surface area contributed by atoms with Crippen LogP contribution in [0.4, 0.5) is 0 Å². The van der Waals surface area contributed by atoms with Gasteiger partial charge in [-0.05, 0) is 30.7 Å². The van der Waals surface area contributed by atoms with Gasteiger partial charge in [0, 0.05) is 30.7 Å². The van der Waals surface area contributed by atoms with Gasteiger partial charge < -0.3 is 5.32 Å². The fourth-order valence-electron chi connectivity index (χ4n) is 1.67. The lowest BCUT2D eigenvalue weighted by Gasteiger charge is -2.34. The van der Waals surface area contributed by atoms with Gasteiger partial charge in [-0.3, -0.25) is 0 Å². The van der Waals surface area contributed by atoms with Crippen molar-refractivity contribution in [2.45, 2.75) is 17.9 Å². The molecule has 1 aliphatic heterocycles. The third-order valence-electron chi connectivity index (χ3n) is 3.08. The molecular weight excluding hydrogens is 304 g/mol. The van der Waals surface area contributed by atoms with Gasteiger partial charge in [0.1, 0.15) is 0 Å². The van der Waals surface area contributed by atoms with Crippen LogP contribution in [-0.4, -0.2) is 38.9 Å². The Morgan fingerprint density at radius 2 is 2.06 bits per heavy atom. The Balaban J connectivity index is 2.33.